The lowest BCUT2D eigenvalue weighted by molar-refractivity contribution is 0.409. The van der Waals surface area contributed by atoms with E-state index in [0.717, 1.165) is 24.7 Å². The molecule has 2 aromatic carbocycles. The van der Waals surface area contributed by atoms with Gasteiger partial charge in [-0.25, -0.2) is 0 Å². The van der Waals surface area contributed by atoms with Crippen LogP contribution in [0.15, 0.2) is 43.7 Å². The van der Waals surface area contributed by atoms with Gasteiger partial charge in [0.05, 0.1) is 16.1 Å². The third kappa shape index (κ3) is 3.97. The van der Waals surface area contributed by atoms with E-state index in [1.807, 2.05) is 30.3 Å². The number of benzene rings is 2. The van der Waals surface area contributed by atoms with E-state index in [0.29, 0.717) is 16.5 Å². The zero-order chi connectivity index (χ0) is 15.6. The second kappa shape index (κ2) is 7.09. The van der Waals surface area contributed by atoms with Crippen molar-refractivity contribution in [1.29, 1.82) is 0 Å². The van der Waals surface area contributed by atoms with Gasteiger partial charge in [0.15, 0.2) is 0 Å². The third-order valence-corrected chi connectivity index (χ3v) is 4.76. The second-order valence-corrected chi connectivity index (χ2v) is 7.03. The standard InChI is InChI=1S/C14H10Br3NO2S/c1-19-12-5-11(17)13(6-10(12)16)20-7-2-3-8(14(18)21)9(15)4-7/h2-6H,1H3,(H2,18,21). The van der Waals surface area contributed by atoms with Gasteiger partial charge in [-0.1, -0.05) is 12.2 Å². The van der Waals surface area contributed by atoms with Gasteiger partial charge in [0.25, 0.3) is 0 Å². The van der Waals surface area contributed by atoms with Gasteiger partial charge >= 0.3 is 0 Å². The zero-order valence-electron chi connectivity index (χ0n) is 10.8. The van der Waals surface area contributed by atoms with Gasteiger partial charge in [-0.3, -0.25) is 0 Å². The Morgan fingerprint density at radius 3 is 2.19 bits per heavy atom. The Morgan fingerprint density at radius 2 is 1.62 bits per heavy atom. The first-order chi connectivity index (χ1) is 9.92. The van der Waals surface area contributed by atoms with Crippen molar-refractivity contribution >= 4 is 65.0 Å². The number of hydrogen-bond donors (Lipinski definition) is 1. The van der Waals surface area contributed by atoms with E-state index in [2.05, 4.69) is 47.8 Å². The topological polar surface area (TPSA) is 44.5 Å². The molecule has 0 amide bonds. The molecule has 2 rings (SSSR count). The molecule has 0 unspecified atom stereocenters. The van der Waals surface area contributed by atoms with Crippen molar-refractivity contribution < 1.29 is 9.47 Å². The molecule has 7 heteroatoms. The molecule has 110 valence electrons. The van der Waals surface area contributed by atoms with Crippen molar-refractivity contribution in [3.63, 3.8) is 0 Å². The average molecular weight is 496 g/mol. The zero-order valence-corrected chi connectivity index (χ0v) is 16.4. The van der Waals surface area contributed by atoms with Gasteiger partial charge in [-0.2, -0.15) is 0 Å². The van der Waals surface area contributed by atoms with E-state index in [1.54, 1.807) is 7.11 Å². The minimum Gasteiger partial charge on any atom is -0.496 e. The summed E-state index contributed by atoms with van der Waals surface area (Å²) in [6.07, 6.45) is 0. The summed E-state index contributed by atoms with van der Waals surface area (Å²) in [5.74, 6) is 2.05. The van der Waals surface area contributed by atoms with Crippen molar-refractivity contribution in [1.82, 2.24) is 0 Å². The molecule has 0 aliphatic carbocycles. The molecule has 2 N–H and O–H groups in total. The van der Waals surface area contributed by atoms with E-state index in [9.17, 15) is 0 Å². The predicted molar refractivity (Wildman–Crippen MR) is 98.5 cm³/mol. The number of nitrogens with two attached hydrogens (primary N) is 1. The Labute approximate surface area is 153 Å². The molecule has 0 fully saturated rings. The molecule has 0 atom stereocenters. The van der Waals surface area contributed by atoms with Crippen LogP contribution in [0, 0.1) is 0 Å². The molecule has 3 nitrogen and oxygen atoms in total. The monoisotopic (exact) mass is 493 g/mol. The lowest BCUT2D eigenvalue weighted by Crippen LogP contribution is -2.09. The summed E-state index contributed by atoms with van der Waals surface area (Å²) in [7, 11) is 1.61. The summed E-state index contributed by atoms with van der Waals surface area (Å²) >= 11 is 15.3. The van der Waals surface area contributed by atoms with Crippen LogP contribution in [0.4, 0.5) is 0 Å². The van der Waals surface area contributed by atoms with Crippen LogP contribution in [0.25, 0.3) is 0 Å². The Kier molecular flexibility index (Phi) is 5.65. The molecule has 2 aromatic rings. The molecule has 0 radical (unpaired) electrons. The molecule has 0 heterocycles. The van der Waals surface area contributed by atoms with Crippen LogP contribution >= 0.6 is 60.0 Å². The number of ether oxygens (including phenoxy) is 2. The summed E-state index contributed by atoms with van der Waals surface area (Å²) in [6, 6.07) is 9.10. The van der Waals surface area contributed by atoms with Crippen LogP contribution in [0.2, 0.25) is 0 Å². The highest BCUT2D eigenvalue weighted by atomic mass is 79.9. The van der Waals surface area contributed by atoms with Gasteiger partial charge in [-0.05, 0) is 78.1 Å². The highest BCUT2D eigenvalue weighted by Crippen LogP contribution is 2.38. The fourth-order valence-corrected chi connectivity index (χ4v) is 3.40. The summed E-state index contributed by atoms with van der Waals surface area (Å²) in [6.45, 7) is 0. The Bertz CT molecular complexity index is 707. The van der Waals surface area contributed by atoms with Crippen LogP contribution in [0.1, 0.15) is 5.56 Å². The van der Waals surface area contributed by atoms with E-state index >= 15 is 0 Å². The smallest absolute Gasteiger partial charge is 0.143 e. The molecule has 0 bridgehead atoms. The molecule has 21 heavy (non-hydrogen) atoms. The van der Waals surface area contributed by atoms with Crippen molar-refractivity contribution in [3.8, 4) is 17.2 Å². The first-order valence-electron chi connectivity index (χ1n) is 5.72. The summed E-state index contributed by atoms with van der Waals surface area (Å²) in [4.78, 5) is 0.335. The molecule has 0 spiro atoms. The molecule has 0 aliphatic heterocycles. The van der Waals surface area contributed by atoms with Crippen LogP contribution in [-0.4, -0.2) is 12.1 Å². The number of methoxy groups -OCH3 is 1. The first kappa shape index (κ1) is 16.7. The maximum Gasteiger partial charge on any atom is 0.143 e. The average Bonchev–Trinajstić information content (AvgIpc) is 2.42. The first-order valence-corrected chi connectivity index (χ1v) is 8.51. The maximum absolute atomic E-state index is 5.86. The molecular weight excluding hydrogens is 486 g/mol. The summed E-state index contributed by atoms with van der Waals surface area (Å²) < 4.78 is 13.5. The molecule has 0 aliphatic rings. The van der Waals surface area contributed by atoms with Crippen molar-refractivity contribution in [3.05, 3.63) is 49.3 Å². The molecule has 0 saturated heterocycles. The lowest BCUT2D eigenvalue weighted by Gasteiger charge is -2.12. The van der Waals surface area contributed by atoms with Crippen molar-refractivity contribution in [2.45, 2.75) is 0 Å². The fourth-order valence-electron chi connectivity index (χ4n) is 1.63. The van der Waals surface area contributed by atoms with E-state index < -0.39 is 0 Å². The quantitative estimate of drug-likeness (QED) is 0.576. The number of rotatable bonds is 4. The normalized spacial score (nSPS) is 10.3. The third-order valence-electron chi connectivity index (χ3n) is 2.64. The largest absolute Gasteiger partial charge is 0.496 e. The van der Waals surface area contributed by atoms with Crippen molar-refractivity contribution in [2.75, 3.05) is 7.11 Å². The fraction of sp³-hybridized carbons (Fsp3) is 0.0714. The molecular formula is C14H10Br3NO2S. The minimum atomic E-state index is 0.335. The van der Waals surface area contributed by atoms with Gasteiger partial charge in [0.2, 0.25) is 0 Å². The van der Waals surface area contributed by atoms with Gasteiger partial charge in [0.1, 0.15) is 22.2 Å². The van der Waals surface area contributed by atoms with Crippen LogP contribution < -0.4 is 15.2 Å². The molecule has 0 saturated carbocycles. The maximum atomic E-state index is 5.86. The van der Waals surface area contributed by atoms with Crippen molar-refractivity contribution in [2.24, 2.45) is 5.73 Å². The number of hydrogen-bond acceptors (Lipinski definition) is 3. The Hall–Kier alpha value is -0.630. The SMILES string of the molecule is COc1cc(Br)c(Oc2ccc(C(N)=S)c(Br)c2)cc1Br. The number of halogens is 3. The van der Waals surface area contributed by atoms with Gasteiger partial charge in [0, 0.05) is 10.0 Å². The van der Waals surface area contributed by atoms with E-state index in [4.69, 9.17) is 27.4 Å². The van der Waals surface area contributed by atoms with Crippen LogP contribution in [-0.2, 0) is 0 Å². The summed E-state index contributed by atoms with van der Waals surface area (Å²) in [5, 5.41) is 0. The lowest BCUT2D eigenvalue weighted by atomic mass is 10.2. The minimum absolute atomic E-state index is 0.335. The Morgan fingerprint density at radius 1 is 1.00 bits per heavy atom. The van der Waals surface area contributed by atoms with Crippen LogP contribution in [0.5, 0.6) is 17.2 Å². The number of thiocarbonyl (C=S) groups is 1. The van der Waals surface area contributed by atoms with Gasteiger partial charge < -0.3 is 15.2 Å². The van der Waals surface area contributed by atoms with Gasteiger partial charge in [-0.15, -0.1) is 0 Å². The summed E-state index contributed by atoms with van der Waals surface area (Å²) in [5.41, 5.74) is 6.40. The Balaban J connectivity index is 2.32. The van der Waals surface area contributed by atoms with Crippen LogP contribution in [0.3, 0.4) is 0 Å². The van der Waals surface area contributed by atoms with E-state index in [1.165, 1.54) is 0 Å². The predicted octanol–water partition coefficient (Wildman–Crippen LogP) is 5.41. The highest BCUT2D eigenvalue weighted by molar-refractivity contribution is 9.11. The van der Waals surface area contributed by atoms with E-state index in [-0.39, 0.29) is 0 Å². The molecule has 0 aromatic heterocycles. The highest BCUT2D eigenvalue weighted by Gasteiger charge is 2.11. The second-order valence-electron chi connectivity index (χ2n) is 4.03.